The quantitative estimate of drug-likeness (QED) is 0.561. The number of carbonyl (C=O) groups excluding carboxylic acids is 1. The summed E-state index contributed by atoms with van der Waals surface area (Å²) in [7, 11) is 0. The van der Waals surface area contributed by atoms with Crippen molar-refractivity contribution in [3.63, 3.8) is 0 Å². The molecule has 1 nitrogen and oxygen atoms in total. The van der Waals surface area contributed by atoms with Crippen LogP contribution in [0, 0.1) is 0 Å². The lowest BCUT2D eigenvalue weighted by Gasteiger charge is -2.12. The second-order valence-corrected chi connectivity index (χ2v) is 2.89. The van der Waals surface area contributed by atoms with Gasteiger partial charge in [0.1, 0.15) is 0 Å². The summed E-state index contributed by atoms with van der Waals surface area (Å²) in [5, 5.41) is -0.0787. The summed E-state index contributed by atoms with van der Waals surface area (Å²) in [5.41, 5.74) is 0. The van der Waals surface area contributed by atoms with Crippen LogP contribution in [-0.2, 0) is 17.4 Å². The van der Waals surface area contributed by atoms with Crippen molar-refractivity contribution in [2.75, 3.05) is 6.26 Å². The van der Waals surface area contributed by atoms with Gasteiger partial charge in [0.05, 0.1) is 0 Å². The fourth-order valence-corrected chi connectivity index (χ4v) is 1.41. The van der Waals surface area contributed by atoms with Gasteiger partial charge in [-0.15, -0.1) is 0 Å². The first kappa shape index (κ1) is 8.24. The number of thioether (sulfide) groups is 1. The van der Waals surface area contributed by atoms with Gasteiger partial charge in [-0.25, -0.2) is 0 Å². The van der Waals surface area contributed by atoms with Crippen molar-refractivity contribution in [2.24, 2.45) is 0 Å². The summed E-state index contributed by atoms with van der Waals surface area (Å²) in [6, 6.07) is 0. The Labute approximate surface area is 59.6 Å². The zero-order chi connectivity index (χ0) is 6.57. The van der Waals surface area contributed by atoms with Gasteiger partial charge in [-0.3, -0.25) is 0 Å². The molecule has 0 aliphatic carbocycles. The molecule has 0 bridgehead atoms. The van der Waals surface area contributed by atoms with Gasteiger partial charge in [0.25, 0.3) is 0 Å². The Morgan fingerprint density at radius 3 is 2.38 bits per heavy atom. The smallest absolute Gasteiger partial charge is 0.0410 e. The molecule has 0 amide bonds. The van der Waals surface area contributed by atoms with Crippen LogP contribution in [0.3, 0.4) is 0 Å². The molecule has 0 saturated heterocycles. The summed E-state index contributed by atoms with van der Waals surface area (Å²) in [6.07, 6.45) is 2.75. The van der Waals surface area contributed by atoms with Gasteiger partial charge >= 0.3 is 0 Å². The molecular formula is C5H9OS2-. The fourth-order valence-electron chi connectivity index (χ4n) is 0.430. The van der Waals surface area contributed by atoms with E-state index in [-0.39, 0.29) is 10.4 Å². The average molecular weight is 149 g/mol. The van der Waals surface area contributed by atoms with Crippen LogP contribution in [0.15, 0.2) is 0 Å². The Balaban J connectivity index is 3.52. The first-order chi connectivity index (χ1) is 3.72. The standard InChI is InChI=1S/C5H10OS2/c1-3-4(8-2)5(6)7/h4H,3H2,1-2H3,(H,6,7)/p-1. The van der Waals surface area contributed by atoms with E-state index in [1.54, 1.807) is 0 Å². The molecule has 0 aromatic carbocycles. The van der Waals surface area contributed by atoms with Crippen molar-refractivity contribution < 1.29 is 4.79 Å². The summed E-state index contributed by atoms with van der Waals surface area (Å²) >= 11 is 5.96. The SMILES string of the molecule is CCC(SC)C(=O)[S-]. The summed E-state index contributed by atoms with van der Waals surface area (Å²) in [4.78, 5) is 10.4. The van der Waals surface area contributed by atoms with Crippen LogP contribution in [-0.4, -0.2) is 16.6 Å². The molecule has 0 N–H and O–H groups in total. The van der Waals surface area contributed by atoms with E-state index < -0.39 is 0 Å². The molecule has 0 aromatic rings. The third kappa shape index (κ3) is 2.52. The molecule has 0 aliphatic heterocycles. The van der Waals surface area contributed by atoms with Crippen LogP contribution in [0.1, 0.15) is 13.3 Å². The minimum atomic E-state index is -0.125. The van der Waals surface area contributed by atoms with Crippen LogP contribution >= 0.6 is 11.8 Å². The van der Waals surface area contributed by atoms with Gasteiger partial charge < -0.3 is 17.4 Å². The lowest BCUT2D eigenvalue weighted by atomic mass is 10.4. The molecule has 0 aliphatic rings. The Morgan fingerprint density at radius 2 is 2.38 bits per heavy atom. The molecule has 48 valence electrons. The molecule has 1 unspecified atom stereocenters. The highest BCUT2D eigenvalue weighted by Crippen LogP contribution is 2.09. The van der Waals surface area contributed by atoms with Crippen LogP contribution in [0.4, 0.5) is 0 Å². The minimum Gasteiger partial charge on any atom is -0.741 e. The predicted molar refractivity (Wildman–Crippen MR) is 40.0 cm³/mol. The minimum absolute atomic E-state index is 0.0463. The van der Waals surface area contributed by atoms with Crippen LogP contribution in [0.5, 0.6) is 0 Å². The van der Waals surface area contributed by atoms with E-state index in [9.17, 15) is 4.79 Å². The molecule has 1 atom stereocenters. The van der Waals surface area contributed by atoms with E-state index in [2.05, 4.69) is 12.6 Å². The van der Waals surface area contributed by atoms with E-state index in [1.165, 1.54) is 11.8 Å². The van der Waals surface area contributed by atoms with Crippen LogP contribution in [0.25, 0.3) is 0 Å². The number of rotatable bonds is 3. The van der Waals surface area contributed by atoms with E-state index in [1.807, 2.05) is 13.2 Å². The second kappa shape index (κ2) is 4.15. The van der Waals surface area contributed by atoms with E-state index >= 15 is 0 Å². The Hall–Kier alpha value is 0.240. The number of carbonyl (C=O) groups is 1. The van der Waals surface area contributed by atoms with E-state index in [0.29, 0.717) is 0 Å². The van der Waals surface area contributed by atoms with Crippen molar-refractivity contribution in [1.29, 1.82) is 0 Å². The summed E-state index contributed by atoms with van der Waals surface area (Å²) < 4.78 is 0. The average Bonchev–Trinajstić information content (AvgIpc) is 1.69. The third-order valence-electron chi connectivity index (χ3n) is 0.918. The molecule has 3 heteroatoms. The first-order valence-corrected chi connectivity index (χ1v) is 4.15. The molecular weight excluding hydrogens is 140 g/mol. The monoisotopic (exact) mass is 149 g/mol. The summed E-state index contributed by atoms with van der Waals surface area (Å²) in [5.74, 6) is 0. The maximum atomic E-state index is 10.4. The Morgan fingerprint density at radius 1 is 1.88 bits per heavy atom. The van der Waals surface area contributed by atoms with Crippen LogP contribution in [0.2, 0.25) is 0 Å². The molecule has 0 saturated carbocycles. The predicted octanol–water partition coefficient (Wildman–Crippen LogP) is 1.20. The molecule has 8 heavy (non-hydrogen) atoms. The Kier molecular flexibility index (Phi) is 4.28. The summed E-state index contributed by atoms with van der Waals surface area (Å²) in [6.45, 7) is 1.96. The topological polar surface area (TPSA) is 17.1 Å². The zero-order valence-corrected chi connectivity index (χ0v) is 6.64. The molecule has 0 heterocycles. The molecule has 0 rings (SSSR count). The lowest BCUT2D eigenvalue weighted by molar-refractivity contribution is -0.110. The highest BCUT2D eigenvalue weighted by molar-refractivity contribution is 8.01. The lowest BCUT2D eigenvalue weighted by Crippen LogP contribution is -2.11. The molecule has 0 fully saturated rings. The highest BCUT2D eigenvalue weighted by atomic mass is 32.2. The van der Waals surface area contributed by atoms with Gasteiger partial charge in [0.2, 0.25) is 0 Å². The van der Waals surface area contributed by atoms with Crippen molar-refractivity contribution in [3.8, 4) is 0 Å². The largest absolute Gasteiger partial charge is 0.741 e. The molecule has 0 aromatic heterocycles. The number of hydrogen-bond donors (Lipinski definition) is 0. The third-order valence-corrected chi connectivity index (χ3v) is 2.47. The maximum absolute atomic E-state index is 10.4. The fraction of sp³-hybridized carbons (Fsp3) is 0.800. The molecule has 0 spiro atoms. The van der Waals surface area contributed by atoms with Gasteiger partial charge in [-0.05, 0) is 12.7 Å². The van der Waals surface area contributed by atoms with Crippen LogP contribution < -0.4 is 0 Å². The van der Waals surface area contributed by atoms with E-state index in [0.717, 1.165) is 6.42 Å². The Bertz CT molecular complexity index is 78.5. The highest BCUT2D eigenvalue weighted by Gasteiger charge is 2.00. The van der Waals surface area contributed by atoms with Crippen molar-refractivity contribution in [2.45, 2.75) is 18.6 Å². The van der Waals surface area contributed by atoms with Gasteiger partial charge in [0, 0.05) is 10.4 Å². The van der Waals surface area contributed by atoms with Gasteiger partial charge in [-0.1, -0.05) is 6.92 Å². The van der Waals surface area contributed by atoms with Crippen molar-refractivity contribution in [3.05, 3.63) is 0 Å². The zero-order valence-electron chi connectivity index (χ0n) is 5.01. The number of hydrogen-bond acceptors (Lipinski definition) is 3. The first-order valence-electron chi connectivity index (χ1n) is 2.46. The van der Waals surface area contributed by atoms with Crippen molar-refractivity contribution >= 4 is 29.5 Å². The normalized spacial score (nSPS) is 13.2. The van der Waals surface area contributed by atoms with Crippen molar-refractivity contribution in [1.82, 2.24) is 0 Å². The van der Waals surface area contributed by atoms with Gasteiger partial charge in [0.15, 0.2) is 0 Å². The van der Waals surface area contributed by atoms with Gasteiger partial charge in [-0.2, -0.15) is 11.8 Å². The van der Waals surface area contributed by atoms with E-state index in [4.69, 9.17) is 0 Å². The maximum Gasteiger partial charge on any atom is 0.0410 e. The second-order valence-electron chi connectivity index (χ2n) is 1.45. The molecule has 0 radical (unpaired) electrons.